The normalized spacial score (nSPS) is 17.4. The van der Waals surface area contributed by atoms with Gasteiger partial charge in [-0.05, 0) is 0 Å². The van der Waals surface area contributed by atoms with Crippen LogP contribution >= 0.6 is 0 Å². The summed E-state index contributed by atoms with van der Waals surface area (Å²) in [5, 5.41) is 16.3. The SMILES string of the molecule is N[C@H](C(=O)O)[C@@H](N)O. The number of carbonyl (C=O) groups is 1. The summed E-state index contributed by atoms with van der Waals surface area (Å²) in [5.41, 5.74) is 9.47. The van der Waals surface area contributed by atoms with E-state index >= 15 is 0 Å². The van der Waals surface area contributed by atoms with Gasteiger partial charge in [0.05, 0.1) is 0 Å². The van der Waals surface area contributed by atoms with Gasteiger partial charge in [0.25, 0.3) is 0 Å². The molecule has 0 amide bonds. The molecule has 0 aromatic carbocycles. The van der Waals surface area contributed by atoms with Crippen LogP contribution in [0.5, 0.6) is 0 Å². The molecule has 0 fully saturated rings. The van der Waals surface area contributed by atoms with Gasteiger partial charge in [0.2, 0.25) is 0 Å². The number of hydrogen-bond acceptors (Lipinski definition) is 4. The van der Waals surface area contributed by atoms with Gasteiger partial charge in [-0.3, -0.25) is 4.79 Å². The van der Waals surface area contributed by atoms with Gasteiger partial charge in [-0.25, -0.2) is 0 Å². The van der Waals surface area contributed by atoms with Crippen LogP contribution in [-0.4, -0.2) is 28.5 Å². The molecule has 0 saturated carbocycles. The molecular weight excluding hydrogens is 112 g/mol. The highest BCUT2D eigenvalue weighted by Crippen LogP contribution is 1.79. The van der Waals surface area contributed by atoms with Gasteiger partial charge in [0, 0.05) is 0 Å². The molecular formula is C3H8N2O3. The molecule has 0 bridgehead atoms. The van der Waals surface area contributed by atoms with E-state index in [0.717, 1.165) is 0 Å². The van der Waals surface area contributed by atoms with E-state index in [1.165, 1.54) is 0 Å². The lowest BCUT2D eigenvalue weighted by Crippen LogP contribution is -2.46. The molecule has 0 aliphatic carbocycles. The number of aliphatic hydroxyl groups excluding tert-OH is 1. The van der Waals surface area contributed by atoms with Crippen LogP contribution in [0.15, 0.2) is 0 Å². The molecule has 0 aliphatic heterocycles. The van der Waals surface area contributed by atoms with Gasteiger partial charge < -0.3 is 21.7 Å². The third-order valence-corrected chi connectivity index (χ3v) is 0.653. The van der Waals surface area contributed by atoms with Crippen LogP contribution in [0.3, 0.4) is 0 Å². The Morgan fingerprint density at radius 3 is 1.88 bits per heavy atom. The Kier molecular flexibility index (Phi) is 2.40. The van der Waals surface area contributed by atoms with Crippen molar-refractivity contribution in [3.63, 3.8) is 0 Å². The maximum Gasteiger partial charge on any atom is 0.324 e. The fourth-order valence-electron chi connectivity index (χ4n) is 0.146. The van der Waals surface area contributed by atoms with Gasteiger partial charge >= 0.3 is 5.97 Å². The van der Waals surface area contributed by atoms with E-state index in [9.17, 15) is 4.79 Å². The summed E-state index contributed by atoms with van der Waals surface area (Å²) in [6.45, 7) is 0. The molecule has 0 rings (SSSR count). The molecule has 6 N–H and O–H groups in total. The summed E-state index contributed by atoms with van der Waals surface area (Å²) in [7, 11) is 0. The second kappa shape index (κ2) is 2.61. The van der Waals surface area contributed by atoms with Crippen LogP contribution in [0, 0.1) is 0 Å². The van der Waals surface area contributed by atoms with Gasteiger partial charge in [-0.15, -0.1) is 0 Å². The first-order chi connectivity index (χ1) is 3.55. The standard InChI is InChI=1S/C3H8N2O3/c4-1(2(5)6)3(7)8/h1-2,6H,4-5H2,(H,7,8)/t1-,2-/m0/s1. The predicted octanol–water partition coefficient (Wildman–Crippen LogP) is -2.32. The van der Waals surface area contributed by atoms with E-state index in [4.69, 9.17) is 15.9 Å². The second-order valence-corrected chi connectivity index (χ2v) is 1.35. The third kappa shape index (κ3) is 1.87. The lowest BCUT2D eigenvalue weighted by atomic mass is 10.3. The van der Waals surface area contributed by atoms with Crippen molar-refractivity contribution < 1.29 is 15.0 Å². The third-order valence-electron chi connectivity index (χ3n) is 0.653. The van der Waals surface area contributed by atoms with Crippen LogP contribution in [0.2, 0.25) is 0 Å². The Bertz CT molecular complexity index is 92.5. The topological polar surface area (TPSA) is 110 Å². The molecule has 0 saturated heterocycles. The molecule has 0 heterocycles. The van der Waals surface area contributed by atoms with E-state index < -0.39 is 18.2 Å². The average Bonchev–Trinajstić information content (AvgIpc) is 1.64. The van der Waals surface area contributed by atoms with Crippen molar-refractivity contribution in [2.45, 2.75) is 12.3 Å². The number of carboxylic acids is 1. The fraction of sp³-hybridized carbons (Fsp3) is 0.667. The van der Waals surface area contributed by atoms with E-state index in [1.54, 1.807) is 0 Å². The van der Waals surface area contributed by atoms with Gasteiger partial charge in [-0.1, -0.05) is 0 Å². The summed E-state index contributed by atoms with van der Waals surface area (Å²) in [6, 6.07) is -1.38. The maximum atomic E-state index is 9.78. The number of rotatable bonds is 2. The number of aliphatic hydroxyl groups is 1. The highest BCUT2D eigenvalue weighted by atomic mass is 16.4. The van der Waals surface area contributed by atoms with Crippen molar-refractivity contribution in [2.24, 2.45) is 11.5 Å². The van der Waals surface area contributed by atoms with Crippen molar-refractivity contribution in [1.82, 2.24) is 0 Å². The van der Waals surface area contributed by atoms with Crippen molar-refractivity contribution in [3.05, 3.63) is 0 Å². The Morgan fingerprint density at radius 2 is 1.88 bits per heavy atom. The minimum atomic E-state index is -1.48. The van der Waals surface area contributed by atoms with E-state index in [2.05, 4.69) is 5.73 Å². The lowest BCUT2D eigenvalue weighted by Gasteiger charge is -2.07. The fourth-order valence-corrected chi connectivity index (χ4v) is 0.146. The zero-order chi connectivity index (χ0) is 6.73. The monoisotopic (exact) mass is 120 g/mol. The minimum absolute atomic E-state index is 1.31. The van der Waals surface area contributed by atoms with Crippen molar-refractivity contribution >= 4 is 5.97 Å². The smallest absolute Gasteiger partial charge is 0.324 e. The number of aliphatic carboxylic acids is 1. The first-order valence-electron chi connectivity index (χ1n) is 1.97. The molecule has 0 spiro atoms. The largest absolute Gasteiger partial charge is 0.480 e. The van der Waals surface area contributed by atoms with Crippen molar-refractivity contribution in [3.8, 4) is 0 Å². The Hall–Kier alpha value is -0.650. The Morgan fingerprint density at radius 1 is 1.50 bits per heavy atom. The zero-order valence-corrected chi connectivity index (χ0v) is 4.11. The molecule has 5 heteroatoms. The number of nitrogens with two attached hydrogens (primary N) is 2. The molecule has 0 aromatic rings. The van der Waals surface area contributed by atoms with Crippen LogP contribution in [0.4, 0.5) is 0 Å². The van der Waals surface area contributed by atoms with Crippen LogP contribution in [-0.2, 0) is 4.79 Å². The van der Waals surface area contributed by atoms with E-state index in [0.29, 0.717) is 0 Å². The minimum Gasteiger partial charge on any atom is -0.480 e. The molecule has 2 atom stereocenters. The van der Waals surface area contributed by atoms with Crippen LogP contribution in [0.25, 0.3) is 0 Å². The molecule has 5 nitrogen and oxygen atoms in total. The molecule has 8 heavy (non-hydrogen) atoms. The Labute approximate surface area is 45.9 Å². The Balaban J connectivity index is 3.64. The quantitative estimate of drug-likeness (QED) is 0.306. The number of carboxylic acid groups (broad SMARTS) is 1. The first-order valence-corrected chi connectivity index (χ1v) is 1.97. The molecule has 0 unspecified atom stereocenters. The zero-order valence-electron chi connectivity index (χ0n) is 4.11. The maximum absolute atomic E-state index is 9.78. The molecule has 48 valence electrons. The summed E-state index contributed by atoms with van der Waals surface area (Å²) in [4.78, 5) is 9.78. The van der Waals surface area contributed by atoms with Crippen molar-refractivity contribution in [1.29, 1.82) is 0 Å². The summed E-state index contributed by atoms with van der Waals surface area (Å²) in [5.74, 6) is -1.31. The predicted molar refractivity (Wildman–Crippen MR) is 25.8 cm³/mol. The van der Waals surface area contributed by atoms with Gasteiger partial charge in [0.15, 0.2) is 0 Å². The van der Waals surface area contributed by atoms with E-state index in [1.807, 2.05) is 0 Å². The highest BCUT2D eigenvalue weighted by molar-refractivity contribution is 5.73. The van der Waals surface area contributed by atoms with Crippen molar-refractivity contribution in [2.75, 3.05) is 0 Å². The highest BCUT2D eigenvalue weighted by Gasteiger charge is 2.16. The second-order valence-electron chi connectivity index (χ2n) is 1.35. The van der Waals surface area contributed by atoms with E-state index in [-0.39, 0.29) is 0 Å². The summed E-state index contributed by atoms with van der Waals surface area (Å²) >= 11 is 0. The lowest BCUT2D eigenvalue weighted by molar-refractivity contribution is -0.141. The number of hydrogen-bond donors (Lipinski definition) is 4. The molecule has 0 radical (unpaired) electrons. The van der Waals surface area contributed by atoms with Gasteiger partial charge in [0.1, 0.15) is 12.3 Å². The molecule has 0 aromatic heterocycles. The average molecular weight is 120 g/mol. The summed E-state index contributed by atoms with van der Waals surface area (Å²) in [6.07, 6.45) is -1.48. The van der Waals surface area contributed by atoms with Crippen LogP contribution < -0.4 is 11.5 Å². The first kappa shape index (κ1) is 7.35. The summed E-state index contributed by atoms with van der Waals surface area (Å²) < 4.78 is 0. The molecule has 0 aliphatic rings. The van der Waals surface area contributed by atoms with Gasteiger partial charge in [-0.2, -0.15) is 0 Å². The van der Waals surface area contributed by atoms with Crippen LogP contribution in [0.1, 0.15) is 0 Å².